The smallest absolute Gasteiger partial charge is 0.143 e. The number of hydrogen-bond acceptors (Lipinski definition) is 1. The van der Waals surface area contributed by atoms with Gasteiger partial charge in [0.05, 0.1) is 0 Å². The monoisotopic (exact) mass is 596 g/mol. The maximum Gasteiger partial charge on any atom is 0.143 e. The van der Waals surface area contributed by atoms with E-state index < -0.39 is 0 Å². The molecule has 0 N–H and O–H groups in total. The minimum atomic E-state index is 0.917. The average Bonchev–Trinajstić information content (AvgIpc) is 3.53. The fourth-order valence-electron chi connectivity index (χ4n) is 7.80. The summed E-state index contributed by atoms with van der Waals surface area (Å²) in [5, 5.41) is 12.2. The highest BCUT2D eigenvalue weighted by atomic mass is 16.3. The van der Waals surface area contributed by atoms with Gasteiger partial charge in [-0.2, -0.15) is 0 Å². The Labute approximate surface area is 271 Å². The summed E-state index contributed by atoms with van der Waals surface area (Å²) >= 11 is 0. The number of rotatable bonds is 3. The molecule has 1 heterocycles. The van der Waals surface area contributed by atoms with Crippen molar-refractivity contribution in [1.29, 1.82) is 0 Å². The molecule has 0 aliphatic rings. The van der Waals surface area contributed by atoms with Crippen LogP contribution in [-0.4, -0.2) is 0 Å². The lowest BCUT2D eigenvalue weighted by molar-refractivity contribution is 0.670. The molecule has 0 amide bonds. The van der Waals surface area contributed by atoms with Crippen molar-refractivity contribution in [1.82, 2.24) is 0 Å². The molecule has 1 heteroatoms. The molecular formula is C46H28O. The van der Waals surface area contributed by atoms with E-state index in [0.29, 0.717) is 0 Å². The second-order valence-corrected chi connectivity index (χ2v) is 12.4. The van der Waals surface area contributed by atoms with Crippen LogP contribution < -0.4 is 0 Å². The van der Waals surface area contributed by atoms with Crippen LogP contribution in [0.15, 0.2) is 174 Å². The molecule has 1 aromatic heterocycles. The highest BCUT2D eigenvalue weighted by molar-refractivity contribution is 6.25. The quantitative estimate of drug-likeness (QED) is 0.185. The van der Waals surface area contributed by atoms with Crippen molar-refractivity contribution in [2.24, 2.45) is 0 Å². The van der Waals surface area contributed by atoms with E-state index in [0.717, 1.165) is 27.7 Å². The van der Waals surface area contributed by atoms with Gasteiger partial charge in [0.15, 0.2) is 0 Å². The molecule has 0 atom stereocenters. The molecule has 47 heavy (non-hydrogen) atoms. The van der Waals surface area contributed by atoms with Gasteiger partial charge in [0.1, 0.15) is 11.2 Å². The van der Waals surface area contributed by atoms with Crippen LogP contribution >= 0.6 is 0 Å². The standard InChI is InChI=1S/C46H28O/c1-2-14-30(15-3-1)43-36-19-8-10-21-38(36)44(39-22-11-9-20-37(39)43)41-28-32(27-31-16-5-6-17-33(31)41)35-23-12-24-40-45-34-18-7-4-13-29(34)25-26-42(45)47-46(35)40/h1-28H. The zero-order chi connectivity index (χ0) is 30.9. The summed E-state index contributed by atoms with van der Waals surface area (Å²) in [6.07, 6.45) is 0. The highest BCUT2D eigenvalue weighted by Gasteiger charge is 2.20. The Morgan fingerprint density at radius 1 is 0.319 bits per heavy atom. The summed E-state index contributed by atoms with van der Waals surface area (Å²) < 4.78 is 6.71. The molecule has 0 aliphatic carbocycles. The van der Waals surface area contributed by atoms with Gasteiger partial charge in [-0.3, -0.25) is 0 Å². The van der Waals surface area contributed by atoms with Crippen LogP contribution in [0.4, 0.5) is 0 Å². The van der Waals surface area contributed by atoms with E-state index in [1.54, 1.807) is 0 Å². The van der Waals surface area contributed by atoms with Gasteiger partial charge in [0, 0.05) is 16.3 Å². The second kappa shape index (κ2) is 10.2. The van der Waals surface area contributed by atoms with Crippen LogP contribution in [-0.2, 0) is 0 Å². The van der Waals surface area contributed by atoms with Gasteiger partial charge in [-0.25, -0.2) is 0 Å². The SMILES string of the molecule is c1ccc(-c2c3ccccc3c(-c3cc(-c4cccc5c4oc4ccc6ccccc6c45)cc4ccccc34)c3ccccc23)cc1. The van der Waals surface area contributed by atoms with Gasteiger partial charge < -0.3 is 4.42 Å². The Balaban J connectivity index is 1.32. The molecule has 0 radical (unpaired) electrons. The minimum absolute atomic E-state index is 0.917. The molecule has 0 saturated heterocycles. The van der Waals surface area contributed by atoms with E-state index in [4.69, 9.17) is 4.42 Å². The van der Waals surface area contributed by atoms with Crippen molar-refractivity contribution in [3.63, 3.8) is 0 Å². The third-order valence-corrected chi connectivity index (χ3v) is 9.82. The van der Waals surface area contributed by atoms with Crippen molar-refractivity contribution in [2.45, 2.75) is 0 Å². The maximum absolute atomic E-state index is 6.71. The van der Waals surface area contributed by atoms with Gasteiger partial charge >= 0.3 is 0 Å². The molecule has 0 aliphatic heterocycles. The van der Waals surface area contributed by atoms with Crippen molar-refractivity contribution < 1.29 is 4.42 Å². The molecule has 10 rings (SSSR count). The summed E-state index contributed by atoms with van der Waals surface area (Å²) in [4.78, 5) is 0. The second-order valence-electron chi connectivity index (χ2n) is 12.4. The molecule has 0 saturated carbocycles. The van der Waals surface area contributed by atoms with Crippen molar-refractivity contribution in [3.05, 3.63) is 170 Å². The summed E-state index contributed by atoms with van der Waals surface area (Å²) in [6, 6.07) is 61.5. The third kappa shape index (κ3) is 3.90. The Hall–Kier alpha value is -6.18. The molecule has 1 nitrogen and oxygen atoms in total. The number of hydrogen-bond donors (Lipinski definition) is 0. The Morgan fingerprint density at radius 2 is 0.894 bits per heavy atom. The first-order valence-corrected chi connectivity index (χ1v) is 16.2. The number of para-hydroxylation sites is 1. The Bertz CT molecular complexity index is 2780. The first-order chi connectivity index (χ1) is 23.3. The summed E-state index contributed by atoms with van der Waals surface area (Å²) in [5.41, 5.74) is 9.09. The average molecular weight is 597 g/mol. The normalized spacial score (nSPS) is 11.8. The van der Waals surface area contributed by atoms with Crippen molar-refractivity contribution >= 4 is 65.0 Å². The van der Waals surface area contributed by atoms with E-state index in [-0.39, 0.29) is 0 Å². The lowest BCUT2D eigenvalue weighted by Crippen LogP contribution is -1.92. The summed E-state index contributed by atoms with van der Waals surface area (Å²) in [6.45, 7) is 0. The molecule has 0 unspecified atom stereocenters. The minimum Gasteiger partial charge on any atom is -0.455 e. The van der Waals surface area contributed by atoms with Crippen LogP contribution in [0.25, 0.3) is 98.4 Å². The van der Waals surface area contributed by atoms with Gasteiger partial charge in [-0.05, 0) is 89.1 Å². The summed E-state index contributed by atoms with van der Waals surface area (Å²) in [7, 11) is 0. The first-order valence-electron chi connectivity index (χ1n) is 16.2. The zero-order valence-corrected chi connectivity index (χ0v) is 25.6. The lowest BCUT2D eigenvalue weighted by atomic mass is 9.83. The highest BCUT2D eigenvalue weighted by Crippen LogP contribution is 2.47. The molecule has 9 aromatic carbocycles. The van der Waals surface area contributed by atoms with E-state index in [9.17, 15) is 0 Å². The predicted octanol–water partition coefficient (Wildman–Crippen LogP) is 13.2. The number of furan rings is 1. The van der Waals surface area contributed by atoms with Crippen LogP contribution in [0.3, 0.4) is 0 Å². The predicted molar refractivity (Wildman–Crippen MR) is 200 cm³/mol. The fraction of sp³-hybridized carbons (Fsp3) is 0. The fourth-order valence-corrected chi connectivity index (χ4v) is 7.80. The van der Waals surface area contributed by atoms with Crippen LogP contribution in [0, 0.1) is 0 Å². The number of fused-ring (bicyclic) bond motifs is 8. The largest absolute Gasteiger partial charge is 0.455 e. The number of benzene rings is 9. The van der Waals surface area contributed by atoms with Crippen LogP contribution in [0.2, 0.25) is 0 Å². The molecular weight excluding hydrogens is 569 g/mol. The third-order valence-electron chi connectivity index (χ3n) is 9.82. The van der Waals surface area contributed by atoms with Crippen molar-refractivity contribution in [3.8, 4) is 33.4 Å². The van der Waals surface area contributed by atoms with Gasteiger partial charge in [0.25, 0.3) is 0 Å². The van der Waals surface area contributed by atoms with Crippen molar-refractivity contribution in [2.75, 3.05) is 0 Å². The zero-order valence-electron chi connectivity index (χ0n) is 25.6. The molecule has 218 valence electrons. The maximum atomic E-state index is 6.71. The van der Waals surface area contributed by atoms with Gasteiger partial charge in [0.2, 0.25) is 0 Å². The Morgan fingerprint density at radius 3 is 1.62 bits per heavy atom. The molecule has 0 spiro atoms. The van der Waals surface area contributed by atoms with Gasteiger partial charge in [-0.15, -0.1) is 0 Å². The Kier molecular flexibility index (Phi) is 5.64. The van der Waals surface area contributed by atoms with Crippen LogP contribution in [0.1, 0.15) is 0 Å². The van der Waals surface area contributed by atoms with Gasteiger partial charge in [-0.1, -0.05) is 152 Å². The molecule has 0 bridgehead atoms. The van der Waals surface area contributed by atoms with E-state index >= 15 is 0 Å². The molecule has 0 fully saturated rings. The van der Waals surface area contributed by atoms with Crippen LogP contribution in [0.5, 0.6) is 0 Å². The first kappa shape index (κ1) is 26.1. The topological polar surface area (TPSA) is 13.1 Å². The van der Waals surface area contributed by atoms with E-state index in [1.165, 1.54) is 70.7 Å². The van der Waals surface area contributed by atoms with E-state index in [1.807, 2.05) is 0 Å². The summed E-state index contributed by atoms with van der Waals surface area (Å²) in [5.74, 6) is 0. The molecule has 10 aromatic rings. The lowest BCUT2D eigenvalue weighted by Gasteiger charge is -2.19. The van der Waals surface area contributed by atoms with E-state index in [2.05, 4.69) is 170 Å².